The van der Waals surface area contributed by atoms with Gasteiger partial charge in [0.25, 0.3) is 6.29 Å². The molecule has 0 aliphatic heterocycles. The number of quaternary nitrogens is 1. The van der Waals surface area contributed by atoms with E-state index in [1.165, 1.54) is 238 Å². The molecule has 9 nitrogen and oxygen atoms in total. The van der Waals surface area contributed by atoms with E-state index in [2.05, 4.69) is 50.3 Å². The molecule has 0 radical (unpaired) electrons. The minimum absolute atomic E-state index is 0.179. The van der Waals surface area contributed by atoms with Crippen molar-refractivity contribution in [3.63, 3.8) is 0 Å². The van der Waals surface area contributed by atoms with Gasteiger partial charge in [0.15, 0.2) is 6.10 Å². The molecule has 1 N–H and O–H groups in total. The molecule has 0 rings (SSSR count). The molecule has 0 bridgehead atoms. The summed E-state index contributed by atoms with van der Waals surface area (Å²) < 4.78 is 22.9. The third kappa shape index (κ3) is 59.0. The van der Waals surface area contributed by atoms with Crippen molar-refractivity contribution in [1.82, 2.24) is 0 Å². The van der Waals surface area contributed by atoms with Gasteiger partial charge in [-0.15, -0.1) is 0 Å². The summed E-state index contributed by atoms with van der Waals surface area (Å²) in [5.74, 6) is -1.99. The summed E-state index contributed by atoms with van der Waals surface area (Å²) >= 11 is 0. The Labute approximate surface area is 464 Å². The van der Waals surface area contributed by atoms with Crippen LogP contribution in [0.15, 0.2) is 36.5 Å². The number of aliphatic carboxylic acids is 1. The van der Waals surface area contributed by atoms with E-state index in [0.29, 0.717) is 17.4 Å². The van der Waals surface area contributed by atoms with Gasteiger partial charge in [0, 0.05) is 12.8 Å². The Kier molecular flexibility index (Phi) is 55.8. The number of carbonyl (C=O) groups excluding carboxylic acids is 2. The first kappa shape index (κ1) is 72.5. The highest BCUT2D eigenvalue weighted by Gasteiger charge is 2.25. The summed E-state index contributed by atoms with van der Waals surface area (Å²) in [6.07, 6.45) is 68.1. The molecule has 0 saturated carbocycles. The van der Waals surface area contributed by atoms with Crippen molar-refractivity contribution in [1.29, 1.82) is 0 Å². The number of nitrogens with zero attached hydrogens (tertiary/aromatic N) is 1. The first-order valence-electron chi connectivity index (χ1n) is 32.2. The Balaban J connectivity index is 4.13. The number of unbranched alkanes of at least 4 members (excludes halogenated alkanes) is 39. The maximum absolute atomic E-state index is 12.9. The van der Waals surface area contributed by atoms with E-state index < -0.39 is 18.4 Å². The van der Waals surface area contributed by atoms with E-state index in [1.54, 1.807) is 0 Å². The second kappa shape index (κ2) is 57.7. The minimum Gasteiger partial charge on any atom is -0.477 e. The molecule has 440 valence electrons. The maximum atomic E-state index is 12.9. The van der Waals surface area contributed by atoms with Crippen LogP contribution in [-0.4, -0.2) is 87.4 Å². The van der Waals surface area contributed by atoms with Gasteiger partial charge in [0.2, 0.25) is 0 Å². The number of allylic oxidation sites excluding steroid dienone is 6. The predicted molar refractivity (Wildman–Crippen MR) is 318 cm³/mol. The summed E-state index contributed by atoms with van der Waals surface area (Å²) in [7, 11) is 5.98. The van der Waals surface area contributed by atoms with Gasteiger partial charge < -0.3 is 28.5 Å². The van der Waals surface area contributed by atoms with E-state index in [4.69, 9.17) is 18.9 Å². The number of rotatable bonds is 60. The lowest BCUT2D eigenvalue weighted by Gasteiger charge is -2.25. The summed E-state index contributed by atoms with van der Waals surface area (Å²) in [5, 5.41) is 9.72. The van der Waals surface area contributed by atoms with E-state index in [9.17, 15) is 19.5 Å². The molecule has 0 spiro atoms. The van der Waals surface area contributed by atoms with Crippen molar-refractivity contribution >= 4 is 17.9 Å². The van der Waals surface area contributed by atoms with Crippen LogP contribution in [0.2, 0.25) is 0 Å². The molecule has 0 amide bonds. The Morgan fingerprint density at radius 3 is 1.07 bits per heavy atom. The molecule has 0 aliphatic rings. The van der Waals surface area contributed by atoms with E-state index in [1.807, 2.05) is 21.1 Å². The maximum Gasteiger partial charge on any atom is 0.361 e. The monoisotopic (exact) mass is 1060 g/mol. The van der Waals surface area contributed by atoms with Gasteiger partial charge in [-0.3, -0.25) is 9.59 Å². The zero-order valence-electron chi connectivity index (χ0n) is 50.2. The van der Waals surface area contributed by atoms with E-state index >= 15 is 0 Å². The number of carbonyl (C=O) groups is 3. The van der Waals surface area contributed by atoms with Gasteiger partial charge in [0.05, 0.1) is 34.4 Å². The molecule has 0 aromatic carbocycles. The summed E-state index contributed by atoms with van der Waals surface area (Å²) in [6.45, 7) is 4.91. The lowest BCUT2D eigenvalue weighted by Crippen LogP contribution is -2.40. The number of esters is 2. The predicted octanol–water partition coefficient (Wildman–Crippen LogP) is 19.2. The highest BCUT2D eigenvalue weighted by molar-refractivity contribution is 5.71. The second-order valence-electron chi connectivity index (χ2n) is 23.1. The molecule has 0 aliphatic carbocycles. The molecule has 0 aromatic rings. The molecule has 0 saturated heterocycles. The Bertz CT molecular complexity index is 1320. The standard InChI is InChI=1S/C66H123NO8/c1-6-8-10-12-14-16-18-20-22-24-26-28-29-30-31-32-33-34-35-37-39-41-43-45-47-49-51-53-55-57-64(69)75-62(61-74-66(65(70)71)72-59-58-67(3,4)5)60-73-63(68)56-54-52-50-48-46-44-42-40-38-36-27-25-23-21-19-17-15-13-11-9-7-2/h18,20,24-27,62,66H,6-17,19,21-23,28-61H2,1-5H3/p+1/b20-18-,26-24-,27-25-. The average molecular weight is 1060 g/mol. The number of carboxylic acid groups (broad SMARTS) is 1. The van der Waals surface area contributed by atoms with Crippen molar-refractivity contribution in [3.8, 4) is 0 Å². The lowest BCUT2D eigenvalue weighted by atomic mass is 10.0. The van der Waals surface area contributed by atoms with E-state index in [0.717, 1.165) is 44.9 Å². The molecular weight excluding hydrogens is 935 g/mol. The molecular formula is C66H124NO8+. The first-order chi connectivity index (χ1) is 36.6. The van der Waals surface area contributed by atoms with Crippen molar-refractivity contribution in [3.05, 3.63) is 36.5 Å². The lowest BCUT2D eigenvalue weighted by molar-refractivity contribution is -0.870. The first-order valence-corrected chi connectivity index (χ1v) is 32.2. The van der Waals surface area contributed by atoms with Crippen LogP contribution in [0.4, 0.5) is 0 Å². The fraction of sp³-hybridized carbons (Fsp3) is 0.864. The molecule has 9 heteroatoms. The van der Waals surface area contributed by atoms with Crippen molar-refractivity contribution in [2.24, 2.45) is 0 Å². The summed E-state index contributed by atoms with van der Waals surface area (Å²) in [5.41, 5.74) is 0. The van der Waals surface area contributed by atoms with Crippen molar-refractivity contribution in [2.75, 3.05) is 47.5 Å². The Morgan fingerprint density at radius 1 is 0.400 bits per heavy atom. The fourth-order valence-corrected chi connectivity index (χ4v) is 9.39. The number of carboxylic acids is 1. The molecule has 2 unspecified atom stereocenters. The average Bonchev–Trinajstić information content (AvgIpc) is 3.38. The number of likely N-dealkylation sites (N-methyl/N-ethyl adjacent to an activating group) is 1. The normalized spacial score (nSPS) is 12.9. The van der Waals surface area contributed by atoms with Crippen LogP contribution in [-0.2, 0) is 33.3 Å². The van der Waals surface area contributed by atoms with Crippen LogP contribution < -0.4 is 0 Å². The fourth-order valence-electron chi connectivity index (χ4n) is 9.39. The summed E-state index contributed by atoms with van der Waals surface area (Å²) in [4.78, 5) is 37.5. The van der Waals surface area contributed by atoms with Crippen LogP contribution in [0.1, 0.15) is 309 Å². The Morgan fingerprint density at radius 2 is 0.720 bits per heavy atom. The van der Waals surface area contributed by atoms with Crippen LogP contribution in [0.3, 0.4) is 0 Å². The van der Waals surface area contributed by atoms with Crippen LogP contribution in [0, 0.1) is 0 Å². The van der Waals surface area contributed by atoms with Gasteiger partial charge in [-0.2, -0.15) is 0 Å². The topological polar surface area (TPSA) is 108 Å². The number of hydrogen-bond donors (Lipinski definition) is 1. The molecule has 0 heterocycles. The smallest absolute Gasteiger partial charge is 0.361 e. The largest absolute Gasteiger partial charge is 0.477 e. The van der Waals surface area contributed by atoms with Gasteiger partial charge in [-0.1, -0.05) is 262 Å². The van der Waals surface area contributed by atoms with Gasteiger partial charge >= 0.3 is 17.9 Å². The highest BCUT2D eigenvalue weighted by Crippen LogP contribution is 2.17. The zero-order valence-corrected chi connectivity index (χ0v) is 50.2. The summed E-state index contributed by atoms with van der Waals surface area (Å²) in [6, 6.07) is 0. The van der Waals surface area contributed by atoms with Crippen LogP contribution in [0.25, 0.3) is 0 Å². The third-order valence-corrected chi connectivity index (χ3v) is 14.4. The highest BCUT2D eigenvalue weighted by atomic mass is 16.7. The van der Waals surface area contributed by atoms with Crippen LogP contribution >= 0.6 is 0 Å². The minimum atomic E-state index is -1.51. The zero-order chi connectivity index (χ0) is 54.8. The van der Waals surface area contributed by atoms with Crippen molar-refractivity contribution < 1.29 is 42.9 Å². The Hall–Kier alpha value is -2.49. The molecule has 2 atom stereocenters. The molecule has 0 fully saturated rings. The second-order valence-corrected chi connectivity index (χ2v) is 23.1. The quantitative estimate of drug-likeness (QED) is 0.0211. The molecule has 75 heavy (non-hydrogen) atoms. The third-order valence-electron chi connectivity index (χ3n) is 14.4. The van der Waals surface area contributed by atoms with E-state index in [-0.39, 0.29) is 38.2 Å². The van der Waals surface area contributed by atoms with Gasteiger partial charge in [-0.25, -0.2) is 4.79 Å². The van der Waals surface area contributed by atoms with Gasteiger partial charge in [-0.05, 0) is 70.6 Å². The van der Waals surface area contributed by atoms with Crippen LogP contribution in [0.5, 0.6) is 0 Å². The number of ether oxygens (including phenoxy) is 4. The number of hydrogen-bond acceptors (Lipinski definition) is 7. The van der Waals surface area contributed by atoms with Gasteiger partial charge in [0.1, 0.15) is 13.2 Å². The SMILES string of the molecule is CCCCCCC/C=C\C/C=C\CCCCCCCCCCCCCCCCCCCC(=O)OC(COC(=O)CCCCCCCCCCC/C=C\CCCCCCCCCC)COC(OCC[N+](C)(C)C)C(=O)O. The molecule has 0 aromatic heterocycles. The van der Waals surface area contributed by atoms with Crippen molar-refractivity contribution in [2.45, 2.75) is 322 Å².